The molecule has 1 aromatic carbocycles. The minimum atomic E-state index is -0.546. The molecule has 0 atom stereocenters. The summed E-state index contributed by atoms with van der Waals surface area (Å²) in [7, 11) is 0. The number of nitrogens with zero attached hydrogens (tertiary/aromatic N) is 3. The molecule has 0 aliphatic carbocycles. The number of amides is 1. The lowest BCUT2D eigenvalue weighted by Gasteiger charge is -2.18. The molecule has 0 radical (unpaired) electrons. The number of carbonyl (C=O) groups excluding carboxylic acids is 1. The third-order valence-corrected chi connectivity index (χ3v) is 2.80. The van der Waals surface area contributed by atoms with Crippen molar-refractivity contribution in [2.24, 2.45) is 5.73 Å². The van der Waals surface area contributed by atoms with E-state index in [2.05, 4.69) is 10.2 Å². The molecule has 0 saturated carbocycles. The van der Waals surface area contributed by atoms with Gasteiger partial charge in [-0.1, -0.05) is 18.2 Å². The van der Waals surface area contributed by atoms with Crippen LogP contribution < -0.4 is 5.73 Å². The van der Waals surface area contributed by atoms with Crippen LogP contribution in [0.25, 0.3) is 5.69 Å². The van der Waals surface area contributed by atoms with Crippen LogP contribution in [-0.2, 0) is 12.8 Å². The van der Waals surface area contributed by atoms with Gasteiger partial charge in [-0.2, -0.15) is 0 Å². The summed E-state index contributed by atoms with van der Waals surface area (Å²) in [5.41, 5.74) is 7.43. The van der Waals surface area contributed by atoms with Gasteiger partial charge in [-0.3, -0.25) is 9.36 Å². The van der Waals surface area contributed by atoms with E-state index in [1.165, 1.54) is 5.56 Å². The first-order chi connectivity index (χ1) is 7.77. The number of aromatic nitrogens is 3. The van der Waals surface area contributed by atoms with Crippen LogP contribution in [0.2, 0.25) is 0 Å². The smallest absolute Gasteiger partial charge is 0.287 e. The number of para-hydroxylation sites is 1. The summed E-state index contributed by atoms with van der Waals surface area (Å²) in [6, 6.07) is 7.91. The summed E-state index contributed by atoms with van der Waals surface area (Å²) in [4.78, 5) is 11.2. The van der Waals surface area contributed by atoms with E-state index in [4.69, 9.17) is 5.73 Å². The van der Waals surface area contributed by atoms with E-state index in [1.807, 2.05) is 24.3 Å². The molecule has 0 bridgehead atoms. The molecule has 0 fully saturated rings. The number of primary amides is 1. The van der Waals surface area contributed by atoms with Crippen molar-refractivity contribution < 1.29 is 4.79 Å². The lowest BCUT2D eigenvalue weighted by Crippen LogP contribution is -2.21. The maximum atomic E-state index is 11.2. The van der Waals surface area contributed by atoms with Crippen LogP contribution in [0.5, 0.6) is 0 Å². The zero-order valence-electron chi connectivity index (χ0n) is 8.55. The predicted molar refractivity (Wildman–Crippen MR) is 57.3 cm³/mol. The Morgan fingerprint density at radius 1 is 1.25 bits per heavy atom. The van der Waals surface area contributed by atoms with E-state index in [0.717, 1.165) is 24.4 Å². The number of hydrogen-bond donors (Lipinski definition) is 1. The average Bonchev–Trinajstić information content (AvgIpc) is 2.73. The van der Waals surface area contributed by atoms with Gasteiger partial charge in [0.15, 0.2) is 0 Å². The number of aryl methyl sites for hydroxylation is 2. The number of fused-ring (bicyclic) bond motifs is 3. The summed E-state index contributed by atoms with van der Waals surface area (Å²) in [5, 5.41) is 7.82. The van der Waals surface area contributed by atoms with Gasteiger partial charge in [0.25, 0.3) is 5.91 Å². The highest BCUT2D eigenvalue weighted by Gasteiger charge is 2.22. The van der Waals surface area contributed by atoms with Gasteiger partial charge in [0, 0.05) is 6.42 Å². The van der Waals surface area contributed by atoms with E-state index >= 15 is 0 Å². The maximum absolute atomic E-state index is 11.2. The Bertz CT molecular complexity index is 573. The van der Waals surface area contributed by atoms with Crippen molar-refractivity contribution in [3.63, 3.8) is 0 Å². The maximum Gasteiger partial charge on any atom is 0.287 e. The Hall–Kier alpha value is -2.17. The van der Waals surface area contributed by atoms with E-state index in [1.54, 1.807) is 4.57 Å². The van der Waals surface area contributed by atoms with Gasteiger partial charge >= 0.3 is 0 Å². The van der Waals surface area contributed by atoms with Crippen LogP contribution in [-0.4, -0.2) is 20.7 Å². The molecule has 2 heterocycles. The molecule has 1 aliphatic rings. The Morgan fingerprint density at radius 3 is 2.88 bits per heavy atom. The van der Waals surface area contributed by atoms with E-state index in [0.29, 0.717) is 0 Å². The Kier molecular flexibility index (Phi) is 1.80. The van der Waals surface area contributed by atoms with E-state index in [9.17, 15) is 4.79 Å². The summed E-state index contributed by atoms with van der Waals surface area (Å²) in [6.07, 6.45) is 1.71. The molecule has 1 aliphatic heterocycles. The molecule has 0 spiro atoms. The van der Waals surface area contributed by atoms with Crippen LogP contribution in [0.3, 0.4) is 0 Å². The molecule has 5 nitrogen and oxygen atoms in total. The number of nitrogens with two attached hydrogens (primary N) is 1. The highest BCUT2D eigenvalue weighted by Crippen LogP contribution is 2.24. The minimum Gasteiger partial charge on any atom is -0.363 e. The van der Waals surface area contributed by atoms with Crippen molar-refractivity contribution in [2.75, 3.05) is 0 Å². The highest BCUT2D eigenvalue weighted by atomic mass is 16.1. The number of benzene rings is 1. The first-order valence-electron chi connectivity index (χ1n) is 5.10. The van der Waals surface area contributed by atoms with Crippen molar-refractivity contribution in [2.45, 2.75) is 12.8 Å². The van der Waals surface area contributed by atoms with Gasteiger partial charge < -0.3 is 5.73 Å². The standard InChI is InChI=1S/C11H10N4O/c12-10(16)11-14-13-9-6-5-7-3-1-2-4-8(7)15(9)11/h1-4H,5-6H2,(H2,12,16). The Labute approximate surface area is 91.9 Å². The Morgan fingerprint density at radius 2 is 2.06 bits per heavy atom. The fraction of sp³-hybridized carbons (Fsp3) is 0.182. The molecule has 2 N–H and O–H groups in total. The largest absolute Gasteiger partial charge is 0.363 e. The number of rotatable bonds is 1. The molecule has 1 amide bonds. The highest BCUT2D eigenvalue weighted by molar-refractivity contribution is 5.89. The molecule has 80 valence electrons. The van der Waals surface area contributed by atoms with Crippen molar-refractivity contribution in [3.8, 4) is 5.69 Å². The fourth-order valence-corrected chi connectivity index (χ4v) is 2.08. The monoisotopic (exact) mass is 214 g/mol. The first-order valence-corrected chi connectivity index (χ1v) is 5.10. The quantitative estimate of drug-likeness (QED) is 0.749. The molecule has 5 heteroatoms. The zero-order valence-corrected chi connectivity index (χ0v) is 8.55. The van der Waals surface area contributed by atoms with Crippen molar-refractivity contribution >= 4 is 5.91 Å². The van der Waals surface area contributed by atoms with Gasteiger partial charge in [0.2, 0.25) is 5.82 Å². The lowest BCUT2D eigenvalue weighted by atomic mass is 10.0. The molecule has 0 saturated heterocycles. The van der Waals surface area contributed by atoms with Crippen LogP contribution in [0.15, 0.2) is 24.3 Å². The second-order valence-electron chi connectivity index (χ2n) is 3.77. The Balaban J connectivity index is 2.29. The molecular formula is C11H10N4O. The number of hydrogen-bond acceptors (Lipinski definition) is 3. The fourth-order valence-electron chi connectivity index (χ4n) is 2.08. The van der Waals surface area contributed by atoms with Gasteiger partial charge in [-0.05, 0) is 18.1 Å². The summed E-state index contributed by atoms with van der Waals surface area (Å²) < 4.78 is 1.75. The lowest BCUT2D eigenvalue weighted by molar-refractivity contribution is 0.0988. The average molecular weight is 214 g/mol. The topological polar surface area (TPSA) is 73.8 Å². The zero-order chi connectivity index (χ0) is 11.1. The minimum absolute atomic E-state index is 0.210. The van der Waals surface area contributed by atoms with Gasteiger partial charge in [0.1, 0.15) is 5.82 Å². The molecule has 16 heavy (non-hydrogen) atoms. The van der Waals surface area contributed by atoms with Crippen molar-refractivity contribution in [1.82, 2.24) is 14.8 Å². The van der Waals surface area contributed by atoms with Crippen LogP contribution in [0, 0.1) is 0 Å². The van der Waals surface area contributed by atoms with Gasteiger partial charge in [-0.25, -0.2) is 0 Å². The molecule has 2 aromatic rings. The van der Waals surface area contributed by atoms with E-state index < -0.39 is 5.91 Å². The number of carbonyl (C=O) groups is 1. The van der Waals surface area contributed by atoms with Gasteiger partial charge in [0.05, 0.1) is 5.69 Å². The molecule has 0 unspecified atom stereocenters. The first kappa shape index (κ1) is 9.08. The third kappa shape index (κ3) is 1.14. The third-order valence-electron chi connectivity index (χ3n) is 2.80. The van der Waals surface area contributed by atoms with Crippen molar-refractivity contribution in [1.29, 1.82) is 0 Å². The van der Waals surface area contributed by atoms with Crippen molar-refractivity contribution in [3.05, 3.63) is 41.5 Å². The second-order valence-corrected chi connectivity index (χ2v) is 3.77. The second kappa shape index (κ2) is 3.16. The van der Waals surface area contributed by atoms with Crippen LogP contribution >= 0.6 is 0 Å². The molecule has 3 rings (SSSR count). The molecule has 1 aromatic heterocycles. The predicted octanol–water partition coefficient (Wildman–Crippen LogP) is 0.465. The summed E-state index contributed by atoms with van der Waals surface area (Å²) in [5.74, 6) is 0.463. The SMILES string of the molecule is NC(=O)c1nnc2n1-c1ccccc1CC2. The normalized spacial score (nSPS) is 13.0. The van der Waals surface area contributed by atoms with Gasteiger partial charge in [-0.15, -0.1) is 10.2 Å². The van der Waals surface area contributed by atoms with Crippen LogP contribution in [0.4, 0.5) is 0 Å². The molecular weight excluding hydrogens is 204 g/mol. The van der Waals surface area contributed by atoms with E-state index in [-0.39, 0.29) is 5.82 Å². The summed E-state index contributed by atoms with van der Waals surface area (Å²) in [6.45, 7) is 0. The van der Waals surface area contributed by atoms with Crippen LogP contribution in [0.1, 0.15) is 22.0 Å². The summed E-state index contributed by atoms with van der Waals surface area (Å²) >= 11 is 0.